The molecule has 0 saturated heterocycles. The van der Waals surface area contributed by atoms with Gasteiger partial charge in [0.05, 0.1) is 10.7 Å². The molecule has 0 saturated carbocycles. The Kier molecular flexibility index (Phi) is 3.80. The molecule has 4 nitrogen and oxygen atoms in total. The van der Waals surface area contributed by atoms with Crippen molar-refractivity contribution in [1.29, 1.82) is 0 Å². The SMILES string of the molecule is Cc1nc(CN2CCc3nc(C(C)(C)C)ncc3C2)cs1. The van der Waals surface area contributed by atoms with Crippen LogP contribution in [0.4, 0.5) is 0 Å². The number of nitrogens with zero attached hydrogens (tertiary/aromatic N) is 4. The molecule has 5 heteroatoms. The summed E-state index contributed by atoms with van der Waals surface area (Å²) in [5.74, 6) is 0.949. The minimum absolute atomic E-state index is 0.0181. The van der Waals surface area contributed by atoms with E-state index in [1.165, 1.54) is 17.0 Å². The van der Waals surface area contributed by atoms with Crippen molar-refractivity contribution in [3.63, 3.8) is 0 Å². The molecular formula is C16H22N4S. The molecule has 0 aromatic carbocycles. The number of aryl methyl sites for hydroxylation is 1. The first-order chi connectivity index (χ1) is 9.91. The van der Waals surface area contributed by atoms with Crippen molar-refractivity contribution in [1.82, 2.24) is 19.9 Å². The van der Waals surface area contributed by atoms with Gasteiger partial charge in [0, 0.05) is 54.3 Å². The van der Waals surface area contributed by atoms with Crippen LogP contribution in [0.3, 0.4) is 0 Å². The van der Waals surface area contributed by atoms with Crippen molar-refractivity contribution in [3.05, 3.63) is 39.4 Å². The van der Waals surface area contributed by atoms with Crippen molar-refractivity contribution >= 4 is 11.3 Å². The average Bonchev–Trinajstić information content (AvgIpc) is 2.82. The Hall–Kier alpha value is -1.33. The zero-order valence-electron chi connectivity index (χ0n) is 13.2. The van der Waals surface area contributed by atoms with Gasteiger partial charge in [-0.2, -0.15) is 0 Å². The van der Waals surface area contributed by atoms with Crippen LogP contribution in [0.25, 0.3) is 0 Å². The van der Waals surface area contributed by atoms with Crippen molar-refractivity contribution in [2.24, 2.45) is 0 Å². The topological polar surface area (TPSA) is 41.9 Å². The van der Waals surface area contributed by atoms with Gasteiger partial charge in [0.25, 0.3) is 0 Å². The third-order valence-electron chi connectivity index (χ3n) is 3.74. The zero-order chi connectivity index (χ0) is 15.0. The van der Waals surface area contributed by atoms with Crippen LogP contribution in [0.1, 0.15) is 48.6 Å². The number of thiazole rings is 1. The highest BCUT2D eigenvalue weighted by atomic mass is 32.1. The highest BCUT2D eigenvalue weighted by molar-refractivity contribution is 7.09. The van der Waals surface area contributed by atoms with Crippen molar-refractivity contribution in [2.75, 3.05) is 6.54 Å². The summed E-state index contributed by atoms with van der Waals surface area (Å²) < 4.78 is 0. The Labute approximate surface area is 130 Å². The number of fused-ring (bicyclic) bond motifs is 1. The lowest BCUT2D eigenvalue weighted by atomic mass is 9.95. The molecule has 1 aliphatic rings. The van der Waals surface area contributed by atoms with E-state index in [0.717, 1.165) is 36.9 Å². The lowest BCUT2D eigenvalue weighted by Crippen LogP contribution is -2.32. The molecule has 0 radical (unpaired) electrons. The van der Waals surface area contributed by atoms with E-state index in [4.69, 9.17) is 4.98 Å². The maximum Gasteiger partial charge on any atom is 0.133 e. The van der Waals surface area contributed by atoms with Crippen molar-refractivity contribution < 1.29 is 0 Å². The van der Waals surface area contributed by atoms with E-state index in [1.54, 1.807) is 11.3 Å². The molecule has 112 valence electrons. The van der Waals surface area contributed by atoms with Gasteiger partial charge in [0.1, 0.15) is 5.82 Å². The Balaban J connectivity index is 1.74. The first-order valence-corrected chi connectivity index (χ1v) is 8.28. The summed E-state index contributed by atoms with van der Waals surface area (Å²) in [6.07, 6.45) is 3.02. The lowest BCUT2D eigenvalue weighted by Gasteiger charge is -2.28. The molecular weight excluding hydrogens is 280 g/mol. The third kappa shape index (κ3) is 3.30. The van der Waals surface area contributed by atoms with E-state index in [-0.39, 0.29) is 5.41 Å². The van der Waals surface area contributed by atoms with Gasteiger partial charge in [0.15, 0.2) is 0 Å². The third-order valence-corrected chi connectivity index (χ3v) is 4.56. The first kappa shape index (κ1) is 14.6. The summed E-state index contributed by atoms with van der Waals surface area (Å²) in [7, 11) is 0. The molecule has 1 aliphatic heterocycles. The van der Waals surface area contributed by atoms with E-state index in [1.807, 2.05) is 6.20 Å². The Morgan fingerprint density at radius 2 is 2.10 bits per heavy atom. The van der Waals surface area contributed by atoms with Crippen LogP contribution in [0, 0.1) is 6.92 Å². The second kappa shape index (κ2) is 5.46. The smallest absolute Gasteiger partial charge is 0.133 e. The molecule has 0 fully saturated rings. The van der Waals surface area contributed by atoms with Gasteiger partial charge in [-0.05, 0) is 6.92 Å². The fourth-order valence-corrected chi connectivity index (χ4v) is 3.18. The second-order valence-corrected chi connectivity index (χ2v) is 7.80. The Bertz CT molecular complexity index is 642. The minimum Gasteiger partial charge on any atom is -0.293 e. The van der Waals surface area contributed by atoms with Gasteiger partial charge in [-0.15, -0.1) is 11.3 Å². The summed E-state index contributed by atoms with van der Waals surface area (Å²) in [5, 5.41) is 3.30. The molecule has 0 bridgehead atoms. The molecule has 2 aromatic rings. The van der Waals surface area contributed by atoms with E-state index >= 15 is 0 Å². The maximum atomic E-state index is 4.78. The van der Waals surface area contributed by atoms with Crippen LogP contribution >= 0.6 is 11.3 Å². The molecule has 0 spiro atoms. The molecule has 0 amide bonds. The van der Waals surface area contributed by atoms with Crippen LogP contribution < -0.4 is 0 Å². The fraction of sp³-hybridized carbons (Fsp3) is 0.562. The lowest BCUT2D eigenvalue weighted by molar-refractivity contribution is 0.239. The van der Waals surface area contributed by atoms with Gasteiger partial charge in [-0.25, -0.2) is 15.0 Å². The molecule has 21 heavy (non-hydrogen) atoms. The van der Waals surface area contributed by atoms with Crippen LogP contribution in [0.15, 0.2) is 11.6 Å². The zero-order valence-corrected chi connectivity index (χ0v) is 14.0. The van der Waals surface area contributed by atoms with E-state index in [9.17, 15) is 0 Å². The molecule has 2 aromatic heterocycles. The summed E-state index contributed by atoms with van der Waals surface area (Å²) in [4.78, 5) is 16.3. The molecule has 0 aliphatic carbocycles. The largest absolute Gasteiger partial charge is 0.293 e. The second-order valence-electron chi connectivity index (χ2n) is 6.73. The van der Waals surface area contributed by atoms with Gasteiger partial charge in [-0.3, -0.25) is 4.90 Å². The van der Waals surface area contributed by atoms with Gasteiger partial charge in [0.2, 0.25) is 0 Å². The summed E-state index contributed by atoms with van der Waals surface area (Å²) in [6.45, 7) is 11.4. The van der Waals surface area contributed by atoms with Gasteiger partial charge >= 0.3 is 0 Å². The quantitative estimate of drug-likeness (QED) is 0.855. The standard InChI is InChI=1S/C16H22N4S/c1-11-18-13(10-21-11)9-20-6-5-14-12(8-20)7-17-15(19-14)16(2,3)4/h7,10H,5-6,8-9H2,1-4H3. The highest BCUT2D eigenvalue weighted by Crippen LogP contribution is 2.23. The average molecular weight is 302 g/mol. The van der Waals surface area contributed by atoms with Gasteiger partial charge in [-0.1, -0.05) is 20.8 Å². The molecule has 3 rings (SSSR count). The van der Waals surface area contributed by atoms with E-state index in [0.29, 0.717) is 0 Å². The predicted molar refractivity (Wildman–Crippen MR) is 85.4 cm³/mol. The van der Waals surface area contributed by atoms with Crippen LogP contribution in [0.5, 0.6) is 0 Å². The number of hydrogen-bond acceptors (Lipinski definition) is 5. The predicted octanol–water partition coefficient (Wildman–Crippen LogP) is 3.10. The molecule has 0 N–H and O–H groups in total. The maximum absolute atomic E-state index is 4.78. The van der Waals surface area contributed by atoms with E-state index in [2.05, 4.69) is 47.9 Å². The highest BCUT2D eigenvalue weighted by Gasteiger charge is 2.23. The summed E-state index contributed by atoms with van der Waals surface area (Å²) in [6, 6.07) is 0. The number of hydrogen-bond donors (Lipinski definition) is 0. The fourth-order valence-electron chi connectivity index (χ4n) is 2.58. The number of aromatic nitrogens is 3. The van der Waals surface area contributed by atoms with Crippen LogP contribution in [0.2, 0.25) is 0 Å². The van der Waals surface area contributed by atoms with Crippen LogP contribution in [-0.4, -0.2) is 26.4 Å². The molecule has 3 heterocycles. The number of rotatable bonds is 2. The normalized spacial score (nSPS) is 16.0. The Morgan fingerprint density at radius 1 is 1.29 bits per heavy atom. The van der Waals surface area contributed by atoms with Crippen molar-refractivity contribution in [2.45, 2.75) is 52.6 Å². The molecule has 0 atom stereocenters. The molecule has 0 unspecified atom stereocenters. The first-order valence-electron chi connectivity index (χ1n) is 7.40. The van der Waals surface area contributed by atoms with E-state index < -0.39 is 0 Å². The minimum atomic E-state index is 0.0181. The summed E-state index contributed by atoms with van der Waals surface area (Å²) in [5.41, 5.74) is 3.68. The van der Waals surface area contributed by atoms with Gasteiger partial charge < -0.3 is 0 Å². The summed E-state index contributed by atoms with van der Waals surface area (Å²) >= 11 is 1.72. The Morgan fingerprint density at radius 3 is 2.76 bits per heavy atom. The van der Waals surface area contributed by atoms with Crippen LogP contribution in [-0.2, 0) is 24.9 Å². The van der Waals surface area contributed by atoms with Crippen molar-refractivity contribution in [3.8, 4) is 0 Å². The monoisotopic (exact) mass is 302 g/mol.